The third-order valence-corrected chi connectivity index (χ3v) is 3.79. The number of thioether (sulfide) groups is 1. The highest BCUT2D eigenvalue weighted by molar-refractivity contribution is 8.00. The van der Waals surface area contributed by atoms with Crippen LogP contribution in [0.15, 0.2) is 30.3 Å². The zero-order valence-corrected chi connectivity index (χ0v) is 11.4. The summed E-state index contributed by atoms with van der Waals surface area (Å²) in [5.41, 5.74) is 0.496. The fourth-order valence-corrected chi connectivity index (χ4v) is 2.76. The fourth-order valence-electron chi connectivity index (χ4n) is 1.85. The van der Waals surface area contributed by atoms with Gasteiger partial charge in [0.2, 0.25) is 11.8 Å². The molecule has 0 aromatic heterocycles. The molecule has 0 aliphatic carbocycles. The van der Waals surface area contributed by atoms with E-state index in [0.717, 1.165) is 0 Å². The van der Waals surface area contributed by atoms with Crippen LogP contribution < -0.4 is 5.32 Å². The summed E-state index contributed by atoms with van der Waals surface area (Å²) in [5.74, 6) is -0.871. The summed E-state index contributed by atoms with van der Waals surface area (Å²) >= 11 is 1.43. The van der Waals surface area contributed by atoms with E-state index < -0.39 is 17.9 Å². The molecule has 1 fully saturated rings. The van der Waals surface area contributed by atoms with Gasteiger partial charge in [0, 0.05) is 0 Å². The van der Waals surface area contributed by atoms with Gasteiger partial charge in [-0.25, -0.2) is 4.79 Å². The van der Waals surface area contributed by atoms with Crippen LogP contribution in [0.2, 0.25) is 0 Å². The van der Waals surface area contributed by atoms with E-state index in [2.05, 4.69) is 5.32 Å². The van der Waals surface area contributed by atoms with Crippen molar-refractivity contribution in [3.05, 3.63) is 35.9 Å². The van der Waals surface area contributed by atoms with Gasteiger partial charge in [0.05, 0.1) is 11.6 Å². The van der Waals surface area contributed by atoms with Crippen molar-refractivity contribution in [2.24, 2.45) is 0 Å². The second-order valence-corrected chi connectivity index (χ2v) is 5.27. The summed E-state index contributed by atoms with van der Waals surface area (Å²) < 4.78 is 0. The van der Waals surface area contributed by atoms with Gasteiger partial charge in [-0.15, -0.1) is 11.8 Å². The Hall–Kier alpha value is -2.02. The van der Waals surface area contributed by atoms with Crippen LogP contribution in [0.3, 0.4) is 0 Å². The predicted octanol–water partition coefficient (Wildman–Crippen LogP) is 0.461. The molecule has 1 aromatic carbocycles. The monoisotopic (exact) mass is 294 g/mol. The summed E-state index contributed by atoms with van der Waals surface area (Å²) in [4.78, 5) is 35.9. The van der Waals surface area contributed by atoms with Crippen LogP contribution >= 0.6 is 11.8 Å². The van der Waals surface area contributed by atoms with Gasteiger partial charge in [-0.3, -0.25) is 9.59 Å². The van der Waals surface area contributed by atoms with E-state index >= 15 is 0 Å². The van der Waals surface area contributed by atoms with Crippen LogP contribution in [0.25, 0.3) is 0 Å². The van der Waals surface area contributed by atoms with Crippen molar-refractivity contribution in [1.29, 1.82) is 0 Å². The van der Waals surface area contributed by atoms with E-state index in [9.17, 15) is 19.5 Å². The molecule has 1 saturated heterocycles. The van der Waals surface area contributed by atoms with Crippen LogP contribution in [0.4, 0.5) is 0 Å². The van der Waals surface area contributed by atoms with Crippen molar-refractivity contribution in [2.45, 2.75) is 6.04 Å². The van der Waals surface area contributed by atoms with E-state index in [1.54, 1.807) is 30.3 Å². The number of hydrogen-bond donors (Lipinski definition) is 2. The maximum absolute atomic E-state index is 11.9. The maximum atomic E-state index is 11.9. The number of aliphatic carboxylic acids is 1. The zero-order chi connectivity index (χ0) is 14.5. The molecule has 2 rings (SSSR count). The second-order valence-electron chi connectivity index (χ2n) is 4.32. The number of rotatable bonds is 5. The molecule has 0 unspecified atom stereocenters. The largest absolute Gasteiger partial charge is 0.479 e. The lowest BCUT2D eigenvalue weighted by atomic mass is 10.1. The summed E-state index contributed by atoms with van der Waals surface area (Å²) in [5, 5.41) is 11.6. The summed E-state index contributed by atoms with van der Waals surface area (Å²) in [7, 11) is 0. The standard InChI is InChI=1S/C13H14N2O4S/c16-10(6-15-8-20-7-11(15)17)14-12(13(18)19)9-4-2-1-3-5-9/h1-5,12H,6-8H2,(H,14,16)(H,18,19)/t12-/m1/s1. The van der Waals surface area contributed by atoms with E-state index in [4.69, 9.17) is 0 Å². The minimum atomic E-state index is -1.13. The highest BCUT2D eigenvalue weighted by Crippen LogP contribution is 2.15. The number of benzene rings is 1. The highest BCUT2D eigenvalue weighted by Gasteiger charge is 2.26. The number of nitrogens with one attached hydrogen (secondary N) is 1. The SMILES string of the molecule is O=C(CN1CSCC1=O)N[C@@H](C(=O)O)c1ccccc1. The van der Waals surface area contributed by atoms with Gasteiger partial charge in [-0.2, -0.15) is 0 Å². The first-order chi connectivity index (χ1) is 9.58. The fraction of sp³-hybridized carbons (Fsp3) is 0.308. The molecule has 7 heteroatoms. The van der Waals surface area contributed by atoms with Gasteiger partial charge in [-0.1, -0.05) is 30.3 Å². The lowest BCUT2D eigenvalue weighted by Crippen LogP contribution is -2.41. The molecule has 0 spiro atoms. The van der Waals surface area contributed by atoms with Crippen molar-refractivity contribution in [3.63, 3.8) is 0 Å². The number of carbonyl (C=O) groups excluding carboxylic acids is 2. The average Bonchev–Trinajstić information content (AvgIpc) is 2.82. The summed E-state index contributed by atoms with van der Waals surface area (Å²) in [6.07, 6.45) is 0. The van der Waals surface area contributed by atoms with Gasteiger partial charge < -0.3 is 15.3 Å². The Bertz CT molecular complexity index is 520. The first-order valence-corrected chi connectivity index (χ1v) is 7.16. The molecule has 1 aromatic rings. The van der Waals surface area contributed by atoms with Crippen LogP contribution in [0.1, 0.15) is 11.6 Å². The lowest BCUT2D eigenvalue weighted by molar-refractivity contribution is -0.142. The minimum Gasteiger partial charge on any atom is -0.479 e. The minimum absolute atomic E-state index is 0.100. The van der Waals surface area contributed by atoms with Crippen LogP contribution in [-0.2, 0) is 14.4 Å². The Labute approximate surface area is 120 Å². The third kappa shape index (κ3) is 3.51. The molecule has 0 bridgehead atoms. The van der Waals surface area contributed by atoms with Crippen LogP contribution in [0.5, 0.6) is 0 Å². The molecule has 1 heterocycles. The van der Waals surface area contributed by atoms with Crippen molar-refractivity contribution in [1.82, 2.24) is 10.2 Å². The van der Waals surface area contributed by atoms with Crippen molar-refractivity contribution in [2.75, 3.05) is 18.2 Å². The first kappa shape index (κ1) is 14.4. The molecule has 2 N–H and O–H groups in total. The Morgan fingerprint density at radius 2 is 2.05 bits per heavy atom. The molecular formula is C13H14N2O4S. The predicted molar refractivity (Wildman–Crippen MR) is 74.0 cm³/mol. The Morgan fingerprint density at radius 3 is 2.60 bits per heavy atom. The number of carboxylic acids is 1. The molecule has 1 aliphatic rings. The maximum Gasteiger partial charge on any atom is 0.330 e. The molecular weight excluding hydrogens is 280 g/mol. The Balaban J connectivity index is 2.00. The normalized spacial score (nSPS) is 16.0. The highest BCUT2D eigenvalue weighted by atomic mass is 32.2. The van der Waals surface area contributed by atoms with Gasteiger partial charge in [-0.05, 0) is 5.56 Å². The van der Waals surface area contributed by atoms with Crippen molar-refractivity contribution >= 4 is 29.5 Å². The number of carbonyl (C=O) groups is 3. The van der Waals surface area contributed by atoms with Crippen molar-refractivity contribution in [3.8, 4) is 0 Å². The molecule has 1 aliphatic heterocycles. The van der Waals surface area contributed by atoms with E-state index in [1.165, 1.54) is 16.7 Å². The van der Waals surface area contributed by atoms with E-state index in [1.807, 2.05) is 0 Å². The number of amides is 2. The average molecular weight is 294 g/mol. The van der Waals surface area contributed by atoms with Gasteiger partial charge >= 0.3 is 5.97 Å². The smallest absolute Gasteiger partial charge is 0.330 e. The molecule has 1 atom stereocenters. The molecule has 0 radical (unpaired) electrons. The molecule has 2 amide bonds. The van der Waals surface area contributed by atoms with Crippen LogP contribution in [-0.4, -0.2) is 46.0 Å². The second kappa shape index (κ2) is 6.42. The number of nitrogens with zero attached hydrogens (tertiary/aromatic N) is 1. The lowest BCUT2D eigenvalue weighted by Gasteiger charge is -2.18. The van der Waals surface area contributed by atoms with Gasteiger partial charge in [0.1, 0.15) is 6.54 Å². The molecule has 20 heavy (non-hydrogen) atoms. The molecule has 6 nitrogen and oxygen atoms in total. The summed E-state index contributed by atoms with van der Waals surface area (Å²) in [6.45, 7) is -0.109. The van der Waals surface area contributed by atoms with E-state index in [-0.39, 0.29) is 12.5 Å². The number of carboxylic acid groups (broad SMARTS) is 1. The number of hydrogen-bond acceptors (Lipinski definition) is 4. The Morgan fingerprint density at radius 1 is 1.35 bits per heavy atom. The quantitative estimate of drug-likeness (QED) is 0.824. The van der Waals surface area contributed by atoms with Gasteiger partial charge in [0.15, 0.2) is 6.04 Å². The van der Waals surface area contributed by atoms with Crippen molar-refractivity contribution < 1.29 is 19.5 Å². The van der Waals surface area contributed by atoms with Crippen LogP contribution in [0, 0.1) is 0 Å². The zero-order valence-electron chi connectivity index (χ0n) is 10.6. The topological polar surface area (TPSA) is 86.7 Å². The van der Waals surface area contributed by atoms with Gasteiger partial charge in [0.25, 0.3) is 0 Å². The Kier molecular flexibility index (Phi) is 4.62. The molecule has 0 saturated carbocycles. The molecule has 106 valence electrons. The summed E-state index contributed by atoms with van der Waals surface area (Å²) in [6, 6.07) is 7.35. The first-order valence-electron chi connectivity index (χ1n) is 6.00. The van der Waals surface area contributed by atoms with E-state index in [0.29, 0.717) is 17.2 Å². The third-order valence-electron chi connectivity index (χ3n) is 2.85.